The van der Waals surface area contributed by atoms with E-state index >= 15 is 0 Å². The van der Waals surface area contributed by atoms with Crippen molar-refractivity contribution in [3.05, 3.63) is 35.4 Å². The maximum absolute atomic E-state index is 3.86. The van der Waals surface area contributed by atoms with Gasteiger partial charge in [0.15, 0.2) is 0 Å². The molecule has 0 aliphatic carbocycles. The zero-order valence-electron chi connectivity index (χ0n) is 9.42. The molecule has 0 aromatic heterocycles. The molecule has 1 heteroatoms. The SMILES string of the molecule is C=Cc1cc(C(C)C)c(C)cc1SC. The van der Waals surface area contributed by atoms with Gasteiger partial charge in [-0.1, -0.05) is 32.6 Å². The van der Waals surface area contributed by atoms with E-state index in [4.69, 9.17) is 0 Å². The van der Waals surface area contributed by atoms with Crippen LogP contribution >= 0.6 is 11.8 Å². The van der Waals surface area contributed by atoms with Crippen LogP contribution in [0.2, 0.25) is 0 Å². The maximum Gasteiger partial charge on any atom is 0.0144 e. The standard InChI is InChI=1S/C13H18S/c1-6-11-8-12(9(2)3)10(4)7-13(11)14-5/h6-9H,1H2,2-5H3. The van der Waals surface area contributed by atoms with E-state index in [0.717, 1.165) is 0 Å². The molecular formula is C13H18S. The molecule has 1 rings (SSSR count). The second kappa shape index (κ2) is 4.70. The van der Waals surface area contributed by atoms with Gasteiger partial charge in [0.1, 0.15) is 0 Å². The Morgan fingerprint density at radius 1 is 1.36 bits per heavy atom. The Balaban J connectivity index is 3.30. The monoisotopic (exact) mass is 206 g/mol. The molecule has 14 heavy (non-hydrogen) atoms. The van der Waals surface area contributed by atoms with Crippen molar-refractivity contribution in [1.29, 1.82) is 0 Å². The highest BCUT2D eigenvalue weighted by Gasteiger charge is 2.07. The fourth-order valence-corrected chi connectivity index (χ4v) is 2.35. The predicted molar refractivity (Wildman–Crippen MR) is 67.1 cm³/mol. The van der Waals surface area contributed by atoms with Crippen LogP contribution in [0.3, 0.4) is 0 Å². The molecule has 0 fully saturated rings. The molecule has 0 atom stereocenters. The minimum atomic E-state index is 0.588. The Kier molecular flexibility index (Phi) is 3.82. The van der Waals surface area contributed by atoms with Crippen molar-refractivity contribution in [2.75, 3.05) is 6.26 Å². The molecule has 0 saturated heterocycles. The van der Waals surface area contributed by atoms with Crippen LogP contribution in [0.25, 0.3) is 6.08 Å². The molecule has 0 unspecified atom stereocenters. The normalized spacial score (nSPS) is 10.6. The van der Waals surface area contributed by atoms with Crippen molar-refractivity contribution < 1.29 is 0 Å². The summed E-state index contributed by atoms with van der Waals surface area (Å²) in [4.78, 5) is 1.32. The van der Waals surface area contributed by atoms with Gasteiger partial charge in [-0.2, -0.15) is 0 Å². The van der Waals surface area contributed by atoms with E-state index in [-0.39, 0.29) is 0 Å². The molecule has 0 aliphatic rings. The van der Waals surface area contributed by atoms with Gasteiger partial charge in [-0.3, -0.25) is 0 Å². The third kappa shape index (κ3) is 2.21. The van der Waals surface area contributed by atoms with E-state index in [1.54, 1.807) is 11.8 Å². The summed E-state index contributed by atoms with van der Waals surface area (Å²) >= 11 is 1.78. The fraction of sp³-hybridized carbons (Fsp3) is 0.385. The topological polar surface area (TPSA) is 0 Å². The first kappa shape index (κ1) is 11.4. The molecule has 0 heterocycles. The molecular weight excluding hydrogens is 188 g/mol. The van der Waals surface area contributed by atoms with Gasteiger partial charge in [-0.15, -0.1) is 11.8 Å². The minimum Gasteiger partial charge on any atom is -0.129 e. The summed E-state index contributed by atoms with van der Waals surface area (Å²) < 4.78 is 0. The number of hydrogen-bond acceptors (Lipinski definition) is 1. The Labute approximate surface area is 91.4 Å². The molecule has 1 aromatic rings. The largest absolute Gasteiger partial charge is 0.129 e. The van der Waals surface area contributed by atoms with E-state index in [1.165, 1.54) is 21.6 Å². The second-order valence-corrected chi connectivity index (χ2v) is 4.66. The zero-order valence-corrected chi connectivity index (χ0v) is 10.2. The van der Waals surface area contributed by atoms with Gasteiger partial charge >= 0.3 is 0 Å². The molecule has 0 saturated carbocycles. The lowest BCUT2D eigenvalue weighted by atomic mass is 9.96. The van der Waals surface area contributed by atoms with E-state index in [0.29, 0.717) is 5.92 Å². The zero-order chi connectivity index (χ0) is 10.7. The molecule has 0 N–H and O–H groups in total. The van der Waals surface area contributed by atoms with Crippen LogP contribution in [0.15, 0.2) is 23.6 Å². The van der Waals surface area contributed by atoms with Crippen LogP contribution in [0.5, 0.6) is 0 Å². The van der Waals surface area contributed by atoms with Crippen molar-refractivity contribution in [2.24, 2.45) is 0 Å². The number of aryl methyl sites for hydroxylation is 1. The number of thioether (sulfide) groups is 1. The Morgan fingerprint density at radius 2 is 2.00 bits per heavy atom. The highest BCUT2D eigenvalue weighted by molar-refractivity contribution is 7.98. The molecule has 0 bridgehead atoms. The fourth-order valence-electron chi connectivity index (χ4n) is 1.67. The third-order valence-corrected chi connectivity index (χ3v) is 3.25. The first-order valence-electron chi connectivity index (χ1n) is 4.91. The summed E-state index contributed by atoms with van der Waals surface area (Å²) in [5, 5.41) is 0. The summed E-state index contributed by atoms with van der Waals surface area (Å²) in [6.45, 7) is 10.5. The van der Waals surface area contributed by atoms with Gasteiger partial charge in [0.2, 0.25) is 0 Å². The molecule has 0 aliphatic heterocycles. The van der Waals surface area contributed by atoms with E-state index in [2.05, 4.69) is 45.7 Å². The van der Waals surface area contributed by atoms with Crippen molar-refractivity contribution in [1.82, 2.24) is 0 Å². The van der Waals surface area contributed by atoms with Crippen LogP contribution in [0.4, 0.5) is 0 Å². The first-order valence-corrected chi connectivity index (χ1v) is 6.13. The van der Waals surface area contributed by atoms with Crippen molar-refractivity contribution in [2.45, 2.75) is 31.6 Å². The lowest BCUT2D eigenvalue weighted by Crippen LogP contribution is -1.94. The van der Waals surface area contributed by atoms with Crippen molar-refractivity contribution in [3.63, 3.8) is 0 Å². The lowest BCUT2D eigenvalue weighted by Gasteiger charge is -2.13. The number of hydrogen-bond donors (Lipinski definition) is 0. The van der Waals surface area contributed by atoms with Crippen LogP contribution in [-0.2, 0) is 0 Å². The molecule has 76 valence electrons. The van der Waals surface area contributed by atoms with Crippen LogP contribution < -0.4 is 0 Å². The highest BCUT2D eigenvalue weighted by atomic mass is 32.2. The first-order chi connectivity index (χ1) is 6.60. The van der Waals surface area contributed by atoms with E-state index < -0.39 is 0 Å². The van der Waals surface area contributed by atoms with Crippen LogP contribution in [0, 0.1) is 6.92 Å². The predicted octanol–water partition coefficient (Wildman–Crippen LogP) is 4.48. The number of rotatable bonds is 3. The van der Waals surface area contributed by atoms with Gasteiger partial charge in [0.25, 0.3) is 0 Å². The van der Waals surface area contributed by atoms with Gasteiger partial charge < -0.3 is 0 Å². The van der Waals surface area contributed by atoms with Gasteiger partial charge in [0.05, 0.1) is 0 Å². The summed E-state index contributed by atoms with van der Waals surface area (Å²) in [5.41, 5.74) is 4.07. The molecule has 0 radical (unpaired) electrons. The highest BCUT2D eigenvalue weighted by Crippen LogP contribution is 2.28. The Hall–Kier alpha value is -0.690. The summed E-state index contributed by atoms with van der Waals surface area (Å²) in [6, 6.07) is 4.52. The van der Waals surface area contributed by atoms with Crippen LogP contribution in [0.1, 0.15) is 36.5 Å². The van der Waals surface area contributed by atoms with Gasteiger partial charge in [-0.05, 0) is 41.9 Å². The average Bonchev–Trinajstić information content (AvgIpc) is 2.16. The molecule has 1 aromatic carbocycles. The lowest BCUT2D eigenvalue weighted by molar-refractivity contribution is 0.853. The third-order valence-electron chi connectivity index (χ3n) is 2.46. The van der Waals surface area contributed by atoms with E-state index in [9.17, 15) is 0 Å². The summed E-state index contributed by atoms with van der Waals surface area (Å²) in [5.74, 6) is 0.588. The van der Waals surface area contributed by atoms with Gasteiger partial charge in [0, 0.05) is 4.90 Å². The Morgan fingerprint density at radius 3 is 2.43 bits per heavy atom. The minimum absolute atomic E-state index is 0.588. The van der Waals surface area contributed by atoms with Crippen LogP contribution in [-0.4, -0.2) is 6.26 Å². The summed E-state index contributed by atoms with van der Waals surface area (Å²) in [6.07, 6.45) is 4.05. The average molecular weight is 206 g/mol. The molecule has 0 amide bonds. The second-order valence-electron chi connectivity index (χ2n) is 3.81. The van der Waals surface area contributed by atoms with Crippen molar-refractivity contribution >= 4 is 17.8 Å². The molecule has 0 nitrogen and oxygen atoms in total. The summed E-state index contributed by atoms with van der Waals surface area (Å²) in [7, 11) is 0. The maximum atomic E-state index is 3.86. The molecule has 0 spiro atoms. The van der Waals surface area contributed by atoms with Crippen molar-refractivity contribution in [3.8, 4) is 0 Å². The number of benzene rings is 1. The van der Waals surface area contributed by atoms with Gasteiger partial charge in [-0.25, -0.2) is 0 Å². The van der Waals surface area contributed by atoms with E-state index in [1.807, 2.05) is 6.08 Å². The Bertz CT molecular complexity index is 337. The smallest absolute Gasteiger partial charge is 0.0144 e. The quantitative estimate of drug-likeness (QED) is 0.657.